The standard InChI is InChI=1S/C20H18N4OS2/c1-12-6-7-14-16(8-12)27-20-18(14)19(22-11-23-20)26-10-17(25)24-15-5-3-2-4-13(15)9-21/h2-5,11-12H,6-8,10H2,1H3,(H,24,25)/t12-/m0/s1. The summed E-state index contributed by atoms with van der Waals surface area (Å²) < 4.78 is 0. The Hall–Kier alpha value is -2.43. The number of thiophene rings is 1. The molecule has 3 aromatic rings. The van der Waals surface area contributed by atoms with Gasteiger partial charge in [-0.05, 0) is 42.9 Å². The second-order valence-corrected chi connectivity index (χ2v) is 8.75. The monoisotopic (exact) mass is 394 g/mol. The number of carbonyl (C=O) groups excluding carboxylic acids is 1. The van der Waals surface area contributed by atoms with Crippen molar-refractivity contribution in [3.05, 3.63) is 46.6 Å². The fraction of sp³-hybridized carbons (Fsp3) is 0.300. The van der Waals surface area contributed by atoms with Crippen LogP contribution in [0.3, 0.4) is 0 Å². The number of fused-ring (bicyclic) bond motifs is 3. The third-order valence-corrected chi connectivity index (χ3v) is 6.87. The molecule has 2 heterocycles. The maximum atomic E-state index is 12.4. The molecule has 1 atom stereocenters. The number of thioether (sulfide) groups is 1. The summed E-state index contributed by atoms with van der Waals surface area (Å²) in [5, 5.41) is 14.0. The van der Waals surface area contributed by atoms with Crippen molar-refractivity contribution in [3.63, 3.8) is 0 Å². The molecule has 1 amide bonds. The van der Waals surface area contributed by atoms with Gasteiger partial charge in [0.15, 0.2) is 0 Å². The molecule has 2 aromatic heterocycles. The minimum Gasteiger partial charge on any atom is -0.324 e. The van der Waals surface area contributed by atoms with Crippen molar-refractivity contribution in [1.29, 1.82) is 5.26 Å². The van der Waals surface area contributed by atoms with Crippen LogP contribution in [0.25, 0.3) is 10.2 Å². The molecular weight excluding hydrogens is 376 g/mol. The molecule has 136 valence electrons. The second-order valence-electron chi connectivity index (χ2n) is 6.70. The zero-order chi connectivity index (χ0) is 18.8. The first-order valence-corrected chi connectivity index (χ1v) is 10.6. The van der Waals surface area contributed by atoms with Crippen LogP contribution in [0.4, 0.5) is 5.69 Å². The van der Waals surface area contributed by atoms with Gasteiger partial charge in [-0.25, -0.2) is 9.97 Å². The normalized spacial score (nSPS) is 15.9. The summed E-state index contributed by atoms with van der Waals surface area (Å²) >= 11 is 3.19. The van der Waals surface area contributed by atoms with Crippen molar-refractivity contribution in [1.82, 2.24) is 9.97 Å². The van der Waals surface area contributed by atoms with Crippen molar-refractivity contribution in [2.24, 2.45) is 5.92 Å². The fourth-order valence-electron chi connectivity index (χ4n) is 3.37. The minimum atomic E-state index is -0.146. The zero-order valence-electron chi connectivity index (χ0n) is 14.9. The number of benzene rings is 1. The van der Waals surface area contributed by atoms with E-state index in [1.54, 1.807) is 41.9 Å². The van der Waals surface area contributed by atoms with Gasteiger partial charge in [-0.1, -0.05) is 30.8 Å². The van der Waals surface area contributed by atoms with Crippen LogP contribution in [0.2, 0.25) is 0 Å². The van der Waals surface area contributed by atoms with Gasteiger partial charge in [-0.2, -0.15) is 5.26 Å². The lowest BCUT2D eigenvalue weighted by atomic mass is 9.89. The van der Waals surface area contributed by atoms with Crippen molar-refractivity contribution < 1.29 is 4.79 Å². The van der Waals surface area contributed by atoms with Gasteiger partial charge in [-0.15, -0.1) is 11.3 Å². The number of aromatic nitrogens is 2. The number of nitriles is 1. The number of aryl methyl sites for hydroxylation is 1. The molecule has 0 bridgehead atoms. The molecule has 0 aliphatic heterocycles. The highest BCUT2D eigenvalue weighted by molar-refractivity contribution is 8.00. The van der Waals surface area contributed by atoms with Gasteiger partial charge in [0.05, 0.1) is 17.0 Å². The van der Waals surface area contributed by atoms with E-state index in [1.807, 2.05) is 0 Å². The average Bonchev–Trinajstić information content (AvgIpc) is 3.04. The van der Waals surface area contributed by atoms with E-state index in [9.17, 15) is 4.79 Å². The Balaban J connectivity index is 1.52. The van der Waals surface area contributed by atoms with Crippen LogP contribution in [-0.2, 0) is 17.6 Å². The fourth-order valence-corrected chi connectivity index (χ4v) is 5.61. The van der Waals surface area contributed by atoms with E-state index >= 15 is 0 Å². The molecule has 4 rings (SSSR count). The first-order chi connectivity index (χ1) is 13.2. The lowest BCUT2D eigenvalue weighted by molar-refractivity contribution is -0.113. The zero-order valence-corrected chi connectivity index (χ0v) is 16.5. The molecule has 0 saturated heterocycles. The van der Waals surface area contributed by atoms with E-state index in [1.165, 1.54) is 28.6 Å². The summed E-state index contributed by atoms with van der Waals surface area (Å²) in [4.78, 5) is 23.7. The number of nitrogens with one attached hydrogen (secondary N) is 1. The summed E-state index contributed by atoms with van der Waals surface area (Å²) in [6.45, 7) is 2.29. The van der Waals surface area contributed by atoms with E-state index in [0.717, 1.165) is 28.1 Å². The van der Waals surface area contributed by atoms with Crippen molar-refractivity contribution >= 4 is 44.9 Å². The predicted molar refractivity (Wildman–Crippen MR) is 109 cm³/mol. The smallest absolute Gasteiger partial charge is 0.234 e. The van der Waals surface area contributed by atoms with E-state index in [4.69, 9.17) is 5.26 Å². The molecular formula is C20H18N4OS2. The number of rotatable bonds is 4. The largest absolute Gasteiger partial charge is 0.324 e. The molecule has 1 aromatic carbocycles. The molecule has 1 aliphatic carbocycles. The maximum Gasteiger partial charge on any atom is 0.234 e. The van der Waals surface area contributed by atoms with E-state index in [2.05, 4.69) is 28.3 Å². The molecule has 0 spiro atoms. The van der Waals surface area contributed by atoms with Crippen LogP contribution in [0, 0.1) is 17.2 Å². The lowest BCUT2D eigenvalue weighted by Gasteiger charge is -2.18. The summed E-state index contributed by atoms with van der Waals surface area (Å²) in [7, 11) is 0. The molecule has 0 fully saturated rings. The summed E-state index contributed by atoms with van der Waals surface area (Å²) in [5.41, 5.74) is 2.37. The Morgan fingerprint density at radius 2 is 2.26 bits per heavy atom. The van der Waals surface area contributed by atoms with Crippen molar-refractivity contribution in [2.75, 3.05) is 11.1 Å². The second kappa shape index (κ2) is 7.67. The Kier molecular flexibility index (Phi) is 5.10. The first kappa shape index (κ1) is 18.0. The van der Waals surface area contributed by atoms with Crippen LogP contribution in [0.5, 0.6) is 0 Å². The van der Waals surface area contributed by atoms with Crippen molar-refractivity contribution in [2.45, 2.75) is 31.2 Å². The quantitative estimate of drug-likeness (QED) is 0.523. The van der Waals surface area contributed by atoms with E-state index in [0.29, 0.717) is 17.2 Å². The van der Waals surface area contributed by atoms with Gasteiger partial charge >= 0.3 is 0 Å². The van der Waals surface area contributed by atoms with E-state index < -0.39 is 0 Å². The molecule has 0 saturated carbocycles. The topological polar surface area (TPSA) is 78.7 Å². The third kappa shape index (κ3) is 3.68. The van der Waals surface area contributed by atoms with Crippen LogP contribution < -0.4 is 5.32 Å². The number of anilines is 1. The molecule has 0 radical (unpaired) electrons. The van der Waals surface area contributed by atoms with Crippen LogP contribution >= 0.6 is 23.1 Å². The number of nitrogens with zero attached hydrogens (tertiary/aromatic N) is 3. The van der Waals surface area contributed by atoms with Crippen LogP contribution in [0.1, 0.15) is 29.3 Å². The van der Waals surface area contributed by atoms with Gasteiger partial charge in [-0.3, -0.25) is 4.79 Å². The number of amides is 1. The van der Waals surface area contributed by atoms with Crippen LogP contribution in [-0.4, -0.2) is 21.6 Å². The number of carbonyl (C=O) groups is 1. The van der Waals surface area contributed by atoms with Gasteiger partial charge in [0, 0.05) is 10.3 Å². The highest BCUT2D eigenvalue weighted by Crippen LogP contribution is 2.40. The van der Waals surface area contributed by atoms with Crippen molar-refractivity contribution in [3.8, 4) is 6.07 Å². The van der Waals surface area contributed by atoms with Gasteiger partial charge < -0.3 is 5.32 Å². The molecule has 0 unspecified atom stereocenters. The SMILES string of the molecule is C[C@H]1CCc2c(sc3ncnc(SCC(=O)Nc4ccccc4C#N)c23)C1. The number of hydrogen-bond acceptors (Lipinski definition) is 6. The molecule has 7 heteroatoms. The number of para-hydroxylation sites is 1. The summed E-state index contributed by atoms with van der Waals surface area (Å²) in [6, 6.07) is 9.10. The van der Waals surface area contributed by atoms with Gasteiger partial charge in [0.1, 0.15) is 22.3 Å². The Morgan fingerprint density at radius 1 is 1.41 bits per heavy atom. The first-order valence-electron chi connectivity index (χ1n) is 8.82. The maximum absolute atomic E-state index is 12.4. The molecule has 1 aliphatic rings. The summed E-state index contributed by atoms with van der Waals surface area (Å²) in [6.07, 6.45) is 4.92. The minimum absolute atomic E-state index is 0.146. The molecule has 1 N–H and O–H groups in total. The molecule has 5 nitrogen and oxygen atoms in total. The average molecular weight is 395 g/mol. The highest BCUT2D eigenvalue weighted by atomic mass is 32.2. The van der Waals surface area contributed by atoms with Gasteiger partial charge in [0.25, 0.3) is 0 Å². The predicted octanol–water partition coefficient (Wildman–Crippen LogP) is 4.42. The third-order valence-electron chi connectivity index (χ3n) is 4.72. The number of hydrogen-bond donors (Lipinski definition) is 1. The van der Waals surface area contributed by atoms with E-state index in [-0.39, 0.29) is 11.7 Å². The Labute approximate surface area is 165 Å². The van der Waals surface area contributed by atoms with Crippen LogP contribution in [0.15, 0.2) is 35.6 Å². The lowest BCUT2D eigenvalue weighted by Crippen LogP contribution is -2.15. The highest BCUT2D eigenvalue weighted by Gasteiger charge is 2.23. The molecule has 27 heavy (non-hydrogen) atoms. The Morgan fingerprint density at radius 3 is 3.11 bits per heavy atom. The Bertz CT molecular complexity index is 1050. The van der Waals surface area contributed by atoms with Gasteiger partial charge in [0.2, 0.25) is 5.91 Å². The summed E-state index contributed by atoms with van der Waals surface area (Å²) in [5.74, 6) is 0.806.